The first-order chi connectivity index (χ1) is 13.6. The van der Waals surface area contributed by atoms with Crippen LogP contribution in [0.1, 0.15) is 34.7 Å². The Bertz CT molecular complexity index is 1050. The molecule has 0 radical (unpaired) electrons. The molecule has 2 aliphatic heterocycles. The molecule has 2 atom stereocenters. The van der Waals surface area contributed by atoms with Crippen LogP contribution in [0.5, 0.6) is 11.5 Å². The molecule has 0 aliphatic carbocycles. The van der Waals surface area contributed by atoms with Crippen LogP contribution in [0.3, 0.4) is 0 Å². The minimum Gasteiger partial charge on any atom is -0.497 e. The van der Waals surface area contributed by atoms with Crippen LogP contribution < -0.4 is 9.47 Å². The molecule has 0 spiro atoms. The Kier molecular flexibility index (Phi) is 4.46. The van der Waals surface area contributed by atoms with E-state index in [4.69, 9.17) is 37.8 Å². The maximum atomic E-state index is 6.48. The van der Waals surface area contributed by atoms with Gasteiger partial charge in [-0.25, -0.2) is 5.01 Å². The number of ether oxygens (including phenoxy) is 2. The second-order valence-electron chi connectivity index (χ2n) is 6.67. The molecule has 3 heterocycles. The molecular weight excluding hydrogens is 415 g/mol. The molecule has 2 aliphatic rings. The van der Waals surface area contributed by atoms with Crippen molar-refractivity contribution in [1.29, 1.82) is 0 Å². The summed E-state index contributed by atoms with van der Waals surface area (Å²) in [5.74, 6) is 1.51. The lowest BCUT2D eigenvalue weighted by atomic mass is 9.96. The molecule has 4 nitrogen and oxygen atoms in total. The molecule has 5 rings (SSSR count). The molecule has 0 amide bonds. The van der Waals surface area contributed by atoms with Gasteiger partial charge in [-0.15, -0.1) is 11.3 Å². The summed E-state index contributed by atoms with van der Waals surface area (Å²) >= 11 is 14.4. The number of rotatable bonds is 3. The van der Waals surface area contributed by atoms with E-state index in [0.29, 0.717) is 15.8 Å². The van der Waals surface area contributed by atoms with E-state index in [2.05, 4.69) is 6.07 Å². The van der Waals surface area contributed by atoms with Gasteiger partial charge in [-0.2, -0.15) is 5.10 Å². The van der Waals surface area contributed by atoms with Gasteiger partial charge >= 0.3 is 0 Å². The van der Waals surface area contributed by atoms with Gasteiger partial charge in [0.15, 0.2) is 0 Å². The van der Waals surface area contributed by atoms with Crippen molar-refractivity contribution in [1.82, 2.24) is 5.01 Å². The van der Waals surface area contributed by atoms with Gasteiger partial charge in [0, 0.05) is 17.0 Å². The monoisotopic (exact) mass is 430 g/mol. The molecule has 0 N–H and O–H groups in total. The maximum absolute atomic E-state index is 6.48. The normalized spacial score (nSPS) is 20.2. The van der Waals surface area contributed by atoms with E-state index >= 15 is 0 Å². The van der Waals surface area contributed by atoms with Crippen LogP contribution in [0, 0.1) is 0 Å². The second kappa shape index (κ2) is 6.99. The number of methoxy groups -OCH3 is 1. The average Bonchev–Trinajstić information content (AvgIpc) is 3.38. The predicted octanol–water partition coefficient (Wildman–Crippen LogP) is 6.31. The van der Waals surface area contributed by atoms with E-state index in [9.17, 15) is 0 Å². The quantitative estimate of drug-likeness (QED) is 0.488. The third kappa shape index (κ3) is 2.94. The lowest BCUT2D eigenvalue weighted by molar-refractivity contribution is -0.0165. The Balaban J connectivity index is 1.59. The lowest BCUT2D eigenvalue weighted by Crippen LogP contribution is -2.33. The zero-order valence-electron chi connectivity index (χ0n) is 14.9. The number of fused-ring (bicyclic) bond motifs is 3. The van der Waals surface area contributed by atoms with Crippen molar-refractivity contribution in [3.05, 3.63) is 80.0 Å². The van der Waals surface area contributed by atoms with Crippen molar-refractivity contribution in [2.45, 2.75) is 18.7 Å². The van der Waals surface area contributed by atoms with Crippen molar-refractivity contribution in [2.24, 2.45) is 5.10 Å². The summed E-state index contributed by atoms with van der Waals surface area (Å²) in [6, 6.07) is 15.7. The number of thiophene rings is 1. The fraction of sp³-hybridized carbons (Fsp3) is 0.190. The number of hydrazone groups is 1. The highest BCUT2D eigenvalue weighted by molar-refractivity contribution is 7.10. The van der Waals surface area contributed by atoms with Gasteiger partial charge in [0.05, 0.1) is 28.8 Å². The maximum Gasteiger partial charge on any atom is 0.223 e. The summed E-state index contributed by atoms with van der Waals surface area (Å²) in [4.78, 5) is 1.08. The van der Waals surface area contributed by atoms with Crippen molar-refractivity contribution < 1.29 is 9.47 Å². The summed E-state index contributed by atoms with van der Waals surface area (Å²) in [5.41, 5.74) is 3.04. The Labute approximate surface area is 176 Å². The highest BCUT2D eigenvalue weighted by Gasteiger charge is 2.42. The van der Waals surface area contributed by atoms with Crippen molar-refractivity contribution in [3.63, 3.8) is 0 Å². The van der Waals surface area contributed by atoms with Crippen LogP contribution in [0.15, 0.2) is 59.0 Å². The first-order valence-electron chi connectivity index (χ1n) is 8.83. The number of hydrogen-bond acceptors (Lipinski definition) is 5. The Morgan fingerprint density at radius 3 is 2.71 bits per heavy atom. The van der Waals surface area contributed by atoms with Gasteiger partial charge in [-0.3, -0.25) is 0 Å². The number of benzene rings is 2. The Hall–Kier alpha value is -2.21. The zero-order valence-corrected chi connectivity index (χ0v) is 17.3. The predicted molar refractivity (Wildman–Crippen MR) is 113 cm³/mol. The fourth-order valence-corrected chi connectivity index (χ4v) is 4.99. The van der Waals surface area contributed by atoms with Gasteiger partial charge in [0.2, 0.25) is 6.23 Å². The standard InChI is InChI=1S/C21H16Cl2N2O2S/c1-26-14-6-4-12(5-7-14)17-11-18-15-9-13(22)10-16(23)20(15)27-21(25(18)24-17)19-3-2-8-28-19/h2-10,18,21H,11H2,1H3/t18-,21+/m1/s1. The second-order valence-corrected chi connectivity index (χ2v) is 8.49. The molecular formula is C21H16Cl2N2O2S. The van der Waals surface area contributed by atoms with E-state index < -0.39 is 0 Å². The van der Waals surface area contributed by atoms with E-state index in [1.54, 1.807) is 24.5 Å². The van der Waals surface area contributed by atoms with Crippen molar-refractivity contribution in [2.75, 3.05) is 7.11 Å². The van der Waals surface area contributed by atoms with E-state index in [-0.39, 0.29) is 12.3 Å². The smallest absolute Gasteiger partial charge is 0.223 e. The van der Waals surface area contributed by atoms with E-state index in [1.165, 1.54) is 0 Å². The van der Waals surface area contributed by atoms with Gasteiger partial charge in [-0.1, -0.05) is 29.3 Å². The van der Waals surface area contributed by atoms with Crippen LogP contribution in [0.25, 0.3) is 0 Å². The molecule has 0 bridgehead atoms. The lowest BCUT2D eigenvalue weighted by Gasteiger charge is -2.38. The molecule has 0 saturated carbocycles. The highest BCUT2D eigenvalue weighted by atomic mass is 35.5. The summed E-state index contributed by atoms with van der Waals surface area (Å²) < 4.78 is 11.6. The fourth-order valence-electron chi connectivity index (χ4n) is 3.69. The number of halogens is 2. The van der Waals surface area contributed by atoms with Crippen LogP contribution in [0.2, 0.25) is 10.0 Å². The molecule has 7 heteroatoms. The van der Waals surface area contributed by atoms with Gasteiger partial charge in [-0.05, 0) is 53.4 Å². The number of hydrogen-bond donors (Lipinski definition) is 0. The molecule has 1 aromatic heterocycles. The summed E-state index contributed by atoms with van der Waals surface area (Å²) in [7, 11) is 1.66. The van der Waals surface area contributed by atoms with Crippen molar-refractivity contribution in [3.8, 4) is 11.5 Å². The summed E-state index contributed by atoms with van der Waals surface area (Å²) in [6.45, 7) is 0. The third-order valence-electron chi connectivity index (χ3n) is 5.02. The van der Waals surface area contributed by atoms with Crippen LogP contribution in [0.4, 0.5) is 0 Å². The molecule has 0 fully saturated rings. The average molecular weight is 431 g/mol. The Morgan fingerprint density at radius 1 is 1.18 bits per heavy atom. The van der Waals surface area contributed by atoms with Crippen LogP contribution in [-0.4, -0.2) is 17.8 Å². The SMILES string of the molecule is COc1ccc(C2=NN3[C@H](C2)c2cc(Cl)cc(Cl)c2O[C@H]3c2cccs2)cc1. The topological polar surface area (TPSA) is 34.1 Å². The molecule has 142 valence electrons. The minimum atomic E-state index is -0.313. The third-order valence-corrected chi connectivity index (χ3v) is 6.42. The first kappa shape index (κ1) is 17.9. The largest absolute Gasteiger partial charge is 0.497 e. The number of nitrogens with zero attached hydrogens (tertiary/aromatic N) is 2. The molecule has 2 aromatic carbocycles. The van der Waals surface area contributed by atoms with Gasteiger partial charge in [0.25, 0.3) is 0 Å². The van der Waals surface area contributed by atoms with Crippen LogP contribution >= 0.6 is 34.5 Å². The van der Waals surface area contributed by atoms with Crippen LogP contribution in [-0.2, 0) is 0 Å². The zero-order chi connectivity index (χ0) is 19.3. The first-order valence-corrected chi connectivity index (χ1v) is 10.5. The molecule has 3 aromatic rings. The van der Waals surface area contributed by atoms with Gasteiger partial charge in [0.1, 0.15) is 11.5 Å². The molecule has 28 heavy (non-hydrogen) atoms. The van der Waals surface area contributed by atoms with Crippen molar-refractivity contribution >= 4 is 40.3 Å². The van der Waals surface area contributed by atoms with E-state index in [1.807, 2.05) is 46.8 Å². The Morgan fingerprint density at radius 2 is 2.00 bits per heavy atom. The molecule has 0 saturated heterocycles. The molecule has 0 unspecified atom stereocenters. The minimum absolute atomic E-state index is 0.0177. The highest BCUT2D eigenvalue weighted by Crippen LogP contribution is 2.51. The van der Waals surface area contributed by atoms with E-state index in [0.717, 1.165) is 33.9 Å². The van der Waals surface area contributed by atoms with Gasteiger partial charge < -0.3 is 9.47 Å². The summed E-state index contributed by atoms with van der Waals surface area (Å²) in [5, 5.41) is 10.1. The summed E-state index contributed by atoms with van der Waals surface area (Å²) in [6.07, 6.45) is 0.438.